The molecule has 0 rings (SSSR count). The number of rotatable bonds is 9. The van der Waals surface area contributed by atoms with Crippen LogP contribution >= 0.6 is 0 Å². The third kappa shape index (κ3) is 6.39. The Morgan fingerprint density at radius 3 is 2.21 bits per heavy atom. The molecular formula is C12H26O2. The van der Waals surface area contributed by atoms with Gasteiger partial charge in [-0.1, -0.05) is 40.0 Å². The summed E-state index contributed by atoms with van der Waals surface area (Å²) in [7, 11) is 0. The molecule has 0 aliphatic carbocycles. The maximum absolute atomic E-state index is 9.60. The van der Waals surface area contributed by atoms with E-state index in [-0.39, 0.29) is 12.2 Å². The van der Waals surface area contributed by atoms with Crippen LogP contribution < -0.4 is 0 Å². The summed E-state index contributed by atoms with van der Waals surface area (Å²) in [6, 6.07) is 0. The maximum Gasteiger partial charge on any atom is 0.0831 e. The van der Waals surface area contributed by atoms with Crippen LogP contribution in [0, 0.1) is 0 Å². The quantitative estimate of drug-likeness (QED) is 0.582. The minimum Gasteiger partial charge on any atom is -0.390 e. The van der Waals surface area contributed by atoms with Gasteiger partial charge in [0.1, 0.15) is 0 Å². The number of ether oxygens (including phenoxy) is 1. The van der Waals surface area contributed by atoms with Gasteiger partial charge in [0.2, 0.25) is 0 Å². The smallest absolute Gasteiger partial charge is 0.0831 e. The van der Waals surface area contributed by atoms with E-state index in [0.29, 0.717) is 0 Å². The van der Waals surface area contributed by atoms with E-state index < -0.39 is 0 Å². The van der Waals surface area contributed by atoms with Crippen molar-refractivity contribution in [3.8, 4) is 0 Å². The Morgan fingerprint density at radius 2 is 1.71 bits per heavy atom. The molecule has 2 heteroatoms. The lowest BCUT2D eigenvalue weighted by Gasteiger charge is -2.20. The molecule has 2 unspecified atom stereocenters. The summed E-state index contributed by atoms with van der Waals surface area (Å²) in [5, 5.41) is 9.60. The molecular weight excluding hydrogens is 176 g/mol. The Hall–Kier alpha value is -0.0800. The Balaban J connectivity index is 3.42. The highest BCUT2D eigenvalue weighted by molar-refractivity contribution is 4.65. The molecule has 14 heavy (non-hydrogen) atoms. The van der Waals surface area contributed by atoms with Crippen molar-refractivity contribution in [2.75, 3.05) is 6.61 Å². The van der Waals surface area contributed by atoms with Crippen molar-refractivity contribution in [1.29, 1.82) is 0 Å². The summed E-state index contributed by atoms with van der Waals surface area (Å²) >= 11 is 0. The van der Waals surface area contributed by atoms with Crippen molar-refractivity contribution in [1.82, 2.24) is 0 Å². The lowest BCUT2D eigenvalue weighted by molar-refractivity contribution is -0.0411. The highest BCUT2D eigenvalue weighted by Gasteiger charge is 2.15. The molecule has 0 saturated carbocycles. The number of hydrogen-bond donors (Lipinski definition) is 1. The molecule has 0 radical (unpaired) electrons. The van der Waals surface area contributed by atoms with E-state index in [1.54, 1.807) is 0 Å². The first-order valence-electron chi connectivity index (χ1n) is 6.05. The minimum atomic E-state index is -0.286. The fourth-order valence-corrected chi connectivity index (χ4v) is 1.53. The number of unbranched alkanes of at least 4 members (excludes halogenated alkanes) is 3. The fraction of sp³-hybridized carbons (Fsp3) is 1.00. The summed E-state index contributed by atoms with van der Waals surface area (Å²) < 4.78 is 5.64. The third-order valence-corrected chi connectivity index (χ3v) is 2.58. The predicted molar refractivity (Wildman–Crippen MR) is 60.5 cm³/mol. The summed E-state index contributed by atoms with van der Waals surface area (Å²) in [4.78, 5) is 0. The first-order chi connectivity index (χ1) is 6.76. The van der Waals surface area contributed by atoms with Crippen LogP contribution in [0.1, 0.15) is 59.3 Å². The summed E-state index contributed by atoms with van der Waals surface area (Å²) in [6.45, 7) is 7.06. The lowest BCUT2D eigenvalue weighted by Crippen LogP contribution is -2.28. The van der Waals surface area contributed by atoms with Gasteiger partial charge in [0.15, 0.2) is 0 Å². The molecule has 2 nitrogen and oxygen atoms in total. The molecule has 0 aromatic heterocycles. The van der Waals surface area contributed by atoms with E-state index in [0.717, 1.165) is 25.9 Å². The Labute approximate surface area is 88.7 Å². The van der Waals surface area contributed by atoms with E-state index in [1.807, 2.05) is 6.92 Å². The van der Waals surface area contributed by atoms with Crippen molar-refractivity contribution in [2.24, 2.45) is 0 Å². The van der Waals surface area contributed by atoms with E-state index in [9.17, 15) is 5.11 Å². The third-order valence-electron chi connectivity index (χ3n) is 2.58. The SMILES string of the molecule is CCCCCCOC(CC)C(O)CC. The maximum atomic E-state index is 9.60. The van der Waals surface area contributed by atoms with Crippen molar-refractivity contribution in [3.05, 3.63) is 0 Å². The second kappa shape index (κ2) is 9.47. The van der Waals surface area contributed by atoms with Gasteiger partial charge in [0, 0.05) is 6.61 Å². The van der Waals surface area contributed by atoms with Crippen LogP contribution in [-0.4, -0.2) is 23.9 Å². The van der Waals surface area contributed by atoms with Crippen molar-refractivity contribution in [2.45, 2.75) is 71.5 Å². The van der Waals surface area contributed by atoms with Crippen LogP contribution in [0.3, 0.4) is 0 Å². The lowest BCUT2D eigenvalue weighted by atomic mass is 10.1. The van der Waals surface area contributed by atoms with Gasteiger partial charge in [-0.2, -0.15) is 0 Å². The van der Waals surface area contributed by atoms with Gasteiger partial charge in [0.05, 0.1) is 12.2 Å². The van der Waals surface area contributed by atoms with Gasteiger partial charge in [-0.05, 0) is 19.3 Å². The zero-order valence-corrected chi connectivity index (χ0v) is 9.96. The van der Waals surface area contributed by atoms with E-state index in [4.69, 9.17) is 4.74 Å². The molecule has 0 aromatic rings. The number of aliphatic hydroxyl groups excluding tert-OH is 1. The monoisotopic (exact) mass is 202 g/mol. The van der Waals surface area contributed by atoms with Crippen LogP contribution in [0.15, 0.2) is 0 Å². The van der Waals surface area contributed by atoms with E-state index in [1.165, 1.54) is 19.3 Å². The number of aliphatic hydroxyl groups is 1. The average Bonchev–Trinajstić information content (AvgIpc) is 2.22. The molecule has 2 atom stereocenters. The zero-order chi connectivity index (χ0) is 10.8. The largest absolute Gasteiger partial charge is 0.390 e. The van der Waals surface area contributed by atoms with Crippen molar-refractivity contribution < 1.29 is 9.84 Å². The first kappa shape index (κ1) is 13.9. The van der Waals surface area contributed by atoms with Crippen LogP contribution in [0.25, 0.3) is 0 Å². The van der Waals surface area contributed by atoms with Crippen LogP contribution in [0.2, 0.25) is 0 Å². The Morgan fingerprint density at radius 1 is 1.00 bits per heavy atom. The average molecular weight is 202 g/mol. The highest BCUT2D eigenvalue weighted by atomic mass is 16.5. The minimum absolute atomic E-state index is 0.0432. The molecule has 0 heterocycles. The van der Waals surface area contributed by atoms with Crippen LogP contribution in [0.4, 0.5) is 0 Å². The normalized spacial score (nSPS) is 15.4. The Kier molecular flexibility index (Phi) is 9.42. The van der Waals surface area contributed by atoms with Gasteiger partial charge >= 0.3 is 0 Å². The second-order valence-corrected chi connectivity index (χ2v) is 3.85. The predicted octanol–water partition coefficient (Wildman–Crippen LogP) is 3.13. The van der Waals surface area contributed by atoms with Gasteiger partial charge in [-0.25, -0.2) is 0 Å². The molecule has 0 aliphatic heterocycles. The van der Waals surface area contributed by atoms with Gasteiger partial charge in [0.25, 0.3) is 0 Å². The molecule has 0 aromatic carbocycles. The first-order valence-corrected chi connectivity index (χ1v) is 6.05. The summed E-state index contributed by atoms with van der Waals surface area (Å²) in [5.74, 6) is 0. The standard InChI is InChI=1S/C12H26O2/c1-4-7-8-9-10-14-12(6-3)11(13)5-2/h11-13H,4-10H2,1-3H3. The fourth-order valence-electron chi connectivity index (χ4n) is 1.53. The van der Waals surface area contributed by atoms with E-state index >= 15 is 0 Å². The summed E-state index contributed by atoms with van der Waals surface area (Å²) in [5.41, 5.74) is 0. The zero-order valence-electron chi connectivity index (χ0n) is 9.96. The molecule has 0 saturated heterocycles. The van der Waals surface area contributed by atoms with Crippen LogP contribution in [-0.2, 0) is 4.74 Å². The van der Waals surface area contributed by atoms with Crippen LogP contribution in [0.5, 0.6) is 0 Å². The molecule has 0 amide bonds. The molecule has 0 aliphatic rings. The molecule has 0 fully saturated rings. The van der Waals surface area contributed by atoms with Crippen molar-refractivity contribution >= 4 is 0 Å². The van der Waals surface area contributed by atoms with Crippen molar-refractivity contribution in [3.63, 3.8) is 0 Å². The van der Waals surface area contributed by atoms with Gasteiger partial charge < -0.3 is 9.84 Å². The highest BCUT2D eigenvalue weighted by Crippen LogP contribution is 2.09. The molecule has 1 N–H and O–H groups in total. The van der Waals surface area contributed by atoms with Gasteiger partial charge in [-0.15, -0.1) is 0 Å². The Bertz CT molecular complexity index is 115. The second-order valence-electron chi connectivity index (χ2n) is 3.85. The molecule has 86 valence electrons. The summed E-state index contributed by atoms with van der Waals surface area (Å²) in [6.07, 6.45) is 6.37. The topological polar surface area (TPSA) is 29.5 Å². The number of hydrogen-bond acceptors (Lipinski definition) is 2. The van der Waals surface area contributed by atoms with Gasteiger partial charge in [-0.3, -0.25) is 0 Å². The molecule has 0 spiro atoms. The molecule has 0 bridgehead atoms. The van der Waals surface area contributed by atoms with E-state index in [2.05, 4.69) is 13.8 Å².